The highest BCUT2D eigenvalue weighted by atomic mass is 14.9. The highest BCUT2D eigenvalue weighted by molar-refractivity contribution is 5.84. The molecule has 0 fully saturated rings. The Morgan fingerprint density at radius 1 is 1.14 bits per heavy atom. The Hall–Kier alpha value is -2.46. The van der Waals surface area contributed by atoms with Crippen LogP contribution in [0.4, 0.5) is 5.69 Å². The van der Waals surface area contributed by atoms with Gasteiger partial charge in [0.1, 0.15) is 0 Å². The van der Waals surface area contributed by atoms with E-state index in [1.54, 1.807) is 6.20 Å². The molecule has 106 valence electrons. The molecule has 0 aliphatic heterocycles. The van der Waals surface area contributed by atoms with Crippen LogP contribution in [0.15, 0.2) is 55.0 Å². The van der Waals surface area contributed by atoms with Crippen molar-refractivity contribution in [1.29, 1.82) is 0 Å². The largest absolute Gasteiger partial charge is 0.398 e. The molecule has 4 heteroatoms. The molecule has 0 saturated heterocycles. The maximum Gasteiger partial charge on any atom is 0.0654 e. The Morgan fingerprint density at radius 3 is 2.81 bits per heavy atom. The molecule has 0 aliphatic rings. The van der Waals surface area contributed by atoms with Gasteiger partial charge in [0.15, 0.2) is 0 Å². The first kappa shape index (κ1) is 13.5. The zero-order valence-electron chi connectivity index (χ0n) is 12.0. The average Bonchev–Trinajstić information content (AvgIpc) is 2.54. The molecule has 3 aromatic rings. The van der Waals surface area contributed by atoms with E-state index in [1.165, 1.54) is 10.8 Å². The van der Waals surface area contributed by atoms with Gasteiger partial charge in [-0.2, -0.15) is 0 Å². The predicted octanol–water partition coefficient (Wildman–Crippen LogP) is 2.72. The van der Waals surface area contributed by atoms with Gasteiger partial charge in [0, 0.05) is 29.7 Å². The second kappa shape index (κ2) is 5.89. The van der Waals surface area contributed by atoms with Crippen LogP contribution in [-0.4, -0.2) is 17.0 Å². The molecular formula is C17H18N4. The third kappa shape index (κ3) is 2.71. The fraction of sp³-hybridized carbons (Fsp3) is 0.176. The van der Waals surface area contributed by atoms with Crippen LogP contribution in [0.1, 0.15) is 17.3 Å². The molecule has 0 spiro atoms. The number of hydrogen-bond acceptors (Lipinski definition) is 4. The highest BCUT2D eigenvalue weighted by Gasteiger charge is 2.15. The lowest BCUT2D eigenvalue weighted by Crippen LogP contribution is -2.21. The van der Waals surface area contributed by atoms with Gasteiger partial charge in [0.2, 0.25) is 0 Å². The lowest BCUT2D eigenvalue weighted by Gasteiger charge is -2.18. The quantitative estimate of drug-likeness (QED) is 0.770. The molecule has 1 unspecified atom stereocenters. The van der Waals surface area contributed by atoms with Crippen molar-refractivity contribution in [2.45, 2.75) is 12.5 Å². The van der Waals surface area contributed by atoms with Gasteiger partial charge >= 0.3 is 0 Å². The second-order valence-electron chi connectivity index (χ2n) is 5.04. The van der Waals surface area contributed by atoms with E-state index in [-0.39, 0.29) is 6.04 Å². The summed E-state index contributed by atoms with van der Waals surface area (Å²) in [6, 6.07) is 12.3. The number of pyridine rings is 2. The summed E-state index contributed by atoms with van der Waals surface area (Å²) in [5.74, 6) is 0. The van der Waals surface area contributed by atoms with Crippen LogP contribution in [0.3, 0.4) is 0 Å². The fourth-order valence-corrected chi connectivity index (χ4v) is 2.58. The number of nitrogens with two attached hydrogens (primary N) is 1. The zero-order chi connectivity index (χ0) is 14.7. The molecule has 2 aromatic heterocycles. The lowest BCUT2D eigenvalue weighted by atomic mass is 9.99. The van der Waals surface area contributed by atoms with Gasteiger partial charge in [-0.3, -0.25) is 9.97 Å². The number of likely N-dealkylation sites (N-methyl/N-ethyl adjacent to an activating group) is 1. The smallest absolute Gasteiger partial charge is 0.0654 e. The van der Waals surface area contributed by atoms with E-state index < -0.39 is 0 Å². The highest BCUT2D eigenvalue weighted by Crippen LogP contribution is 2.25. The van der Waals surface area contributed by atoms with Crippen molar-refractivity contribution in [2.75, 3.05) is 12.8 Å². The summed E-state index contributed by atoms with van der Waals surface area (Å²) in [5.41, 5.74) is 8.87. The van der Waals surface area contributed by atoms with Crippen molar-refractivity contribution in [3.8, 4) is 0 Å². The topological polar surface area (TPSA) is 63.8 Å². The van der Waals surface area contributed by atoms with Crippen LogP contribution >= 0.6 is 0 Å². The Labute approximate surface area is 124 Å². The maximum atomic E-state index is 6.03. The number of nitrogen functional groups attached to an aromatic ring is 1. The SMILES string of the molecule is CNC(Cc1cnccc1N)c1nccc2ccccc12. The summed E-state index contributed by atoms with van der Waals surface area (Å²) in [6.07, 6.45) is 6.15. The Kier molecular flexibility index (Phi) is 3.79. The summed E-state index contributed by atoms with van der Waals surface area (Å²) < 4.78 is 0. The predicted molar refractivity (Wildman–Crippen MR) is 85.9 cm³/mol. The van der Waals surface area contributed by atoms with Crippen molar-refractivity contribution in [2.24, 2.45) is 0 Å². The van der Waals surface area contributed by atoms with E-state index in [4.69, 9.17) is 5.73 Å². The van der Waals surface area contributed by atoms with E-state index in [0.717, 1.165) is 23.4 Å². The second-order valence-corrected chi connectivity index (χ2v) is 5.04. The van der Waals surface area contributed by atoms with Crippen LogP contribution in [0, 0.1) is 0 Å². The Balaban J connectivity index is 2.01. The molecule has 4 nitrogen and oxygen atoms in total. The van der Waals surface area contributed by atoms with Gasteiger partial charge in [0.25, 0.3) is 0 Å². The number of fused-ring (bicyclic) bond motifs is 1. The Bertz CT molecular complexity index is 749. The van der Waals surface area contributed by atoms with Crippen LogP contribution in [0.5, 0.6) is 0 Å². The maximum absolute atomic E-state index is 6.03. The van der Waals surface area contributed by atoms with Gasteiger partial charge in [-0.1, -0.05) is 24.3 Å². The fourth-order valence-electron chi connectivity index (χ4n) is 2.58. The molecule has 0 aliphatic carbocycles. The minimum Gasteiger partial charge on any atom is -0.398 e. The van der Waals surface area contributed by atoms with Gasteiger partial charge in [-0.25, -0.2) is 0 Å². The summed E-state index contributed by atoms with van der Waals surface area (Å²) in [4.78, 5) is 8.74. The third-order valence-electron chi connectivity index (χ3n) is 3.75. The summed E-state index contributed by atoms with van der Waals surface area (Å²) >= 11 is 0. The minimum atomic E-state index is 0.0996. The Morgan fingerprint density at radius 2 is 2.00 bits per heavy atom. The minimum absolute atomic E-state index is 0.0996. The molecule has 0 amide bonds. The van der Waals surface area contributed by atoms with Crippen LogP contribution in [0.25, 0.3) is 10.8 Å². The molecule has 21 heavy (non-hydrogen) atoms. The van der Waals surface area contributed by atoms with Crippen molar-refractivity contribution in [3.05, 3.63) is 66.2 Å². The first-order chi connectivity index (χ1) is 10.3. The van der Waals surface area contributed by atoms with Gasteiger partial charge in [-0.15, -0.1) is 0 Å². The van der Waals surface area contributed by atoms with E-state index >= 15 is 0 Å². The van der Waals surface area contributed by atoms with Crippen LogP contribution in [0.2, 0.25) is 0 Å². The van der Waals surface area contributed by atoms with Gasteiger partial charge in [-0.05, 0) is 36.6 Å². The van der Waals surface area contributed by atoms with Crippen molar-refractivity contribution in [3.63, 3.8) is 0 Å². The van der Waals surface area contributed by atoms with E-state index in [9.17, 15) is 0 Å². The summed E-state index contributed by atoms with van der Waals surface area (Å²) in [7, 11) is 1.95. The molecule has 0 bridgehead atoms. The van der Waals surface area contributed by atoms with Gasteiger partial charge in [0.05, 0.1) is 11.7 Å². The average molecular weight is 278 g/mol. The zero-order valence-corrected chi connectivity index (χ0v) is 12.0. The molecule has 1 aromatic carbocycles. The van der Waals surface area contributed by atoms with Crippen molar-refractivity contribution < 1.29 is 0 Å². The van der Waals surface area contributed by atoms with E-state index in [2.05, 4.69) is 27.4 Å². The standard InChI is InChI=1S/C17H18N4/c1-19-16(10-13-11-20-8-7-15(13)18)17-14-5-3-2-4-12(14)6-9-21-17/h2-9,11,16,19H,10H2,1H3,(H2,18,20). The number of rotatable bonds is 4. The molecule has 1 atom stereocenters. The number of anilines is 1. The molecule has 3 rings (SSSR count). The van der Waals surface area contributed by atoms with E-state index in [1.807, 2.05) is 43.7 Å². The number of nitrogens with one attached hydrogen (secondary N) is 1. The van der Waals surface area contributed by atoms with E-state index in [0.29, 0.717) is 0 Å². The molecule has 3 N–H and O–H groups in total. The first-order valence-electron chi connectivity index (χ1n) is 6.99. The normalized spacial score (nSPS) is 12.4. The lowest BCUT2D eigenvalue weighted by molar-refractivity contribution is 0.581. The monoisotopic (exact) mass is 278 g/mol. The van der Waals surface area contributed by atoms with Crippen LogP contribution < -0.4 is 11.1 Å². The summed E-state index contributed by atoms with van der Waals surface area (Å²) in [5, 5.41) is 5.70. The van der Waals surface area contributed by atoms with Crippen molar-refractivity contribution >= 4 is 16.5 Å². The molecule has 0 saturated carbocycles. The third-order valence-corrected chi connectivity index (χ3v) is 3.75. The number of benzene rings is 1. The molecule has 0 radical (unpaired) electrons. The van der Waals surface area contributed by atoms with Crippen LogP contribution in [-0.2, 0) is 6.42 Å². The number of hydrogen-bond donors (Lipinski definition) is 2. The number of aromatic nitrogens is 2. The first-order valence-corrected chi connectivity index (χ1v) is 6.99. The molecule has 2 heterocycles. The summed E-state index contributed by atoms with van der Waals surface area (Å²) in [6.45, 7) is 0. The van der Waals surface area contributed by atoms with Crippen molar-refractivity contribution in [1.82, 2.24) is 15.3 Å². The number of nitrogens with zero attached hydrogens (tertiary/aromatic N) is 2. The molecular weight excluding hydrogens is 260 g/mol. The van der Waals surface area contributed by atoms with Gasteiger partial charge < -0.3 is 11.1 Å².